The van der Waals surface area contributed by atoms with E-state index in [0.717, 1.165) is 21.1 Å². The van der Waals surface area contributed by atoms with E-state index >= 15 is 0 Å². The van der Waals surface area contributed by atoms with E-state index in [0.29, 0.717) is 0 Å². The normalized spacial score (nSPS) is 21.1. The molecule has 2 N–H and O–H groups in total. The van der Waals surface area contributed by atoms with Gasteiger partial charge in [0.25, 0.3) is 0 Å². The van der Waals surface area contributed by atoms with E-state index in [1.165, 1.54) is 11.8 Å². The number of hydrogen-bond acceptors (Lipinski definition) is 3. The minimum Gasteiger partial charge on any atom is -0.368 e. The van der Waals surface area contributed by atoms with Crippen molar-refractivity contribution in [2.24, 2.45) is 10.7 Å². The summed E-state index contributed by atoms with van der Waals surface area (Å²) in [6.45, 7) is 0. The van der Waals surface area contributed by atoms with Crippen molar-refractivity contribution < 1.29 is 4.79 Å². The van der Waals surface area contributed by atoms with Crippen LogP contribution < -0.4 is 16.3 Å². The molecular weight excluding hydrogens is 232 g/mol. The Kier molecular flexibility index (Phi) is 2.37. The first-order valence-corrected chi connectivity index (χ1v) is 6.15. The van der Waals surface area contributed by atoms with Crippen molar-refractivity contribution in [1.82, 2.24) is 0 Å². The smallest absolute Gasteiger partial charge is 0.234 e. The first-order valence-electron chi connectivity index (χ1n) is 5.27. The Balaban J connectivity index is 2.28. The molecule has 4 heteroatoms. The SMILES string of the molecule is NC(=O)C1C=C2C=CN=c3ccccc3=C2S1. The monoisotopic (exact) mass is 242 g/mol. The first-order chi connectivity index (χ1) is 8.25. The van der Waals surface area contributed by atoms with Gasteiger partial charge in [-0.15, -0.1) is 11.8 Å². The van der Waals surface area contributed by atoms with Crippen molar-refractivity contribution in [3.8, 4) is 0 Å². The molecule has 1 aromatic carbocycles. The number of hydrogen-bond donors (Lipinski definition) is 1. The number of benzene rings is 1. The van der Waals surface area contributed by atoms with Gasteiger partial charge in [-0.3, -0.25) is 9.79 Å². The van der Waals surface area contributed by atoms with Crippen molar-refractivity contribution in [2.75, 3.05) is 0 Å². The number of thioether (sulfide) groups is 1. The van der Waals surface area contributed by atoms with Crippen molar-refractivity contribution >= 4 is 22.6 Å². The highest BCUT2D eigenvalue weighted by atomic mass is 32.2. The van der Waals surface area contributed by atoms with E-state index in [4.69, 9.17) is 5.73 Å². The highest BCUT2D eigenvalue weighted by molar-refractivity contribution is 8.10. The molecule has 0 bridgehead atoms. The molecule has 84 valence electrons. The van der Waals surface area contributed by atoms with Gasteiger partial charge >= 0.3 is 0 Å². The van der Waals surface area contributed by atoms with Gasteiger partial charge in [0, 0.05) is 16.3 Å². The highest BCUT2D eigenvalue weighted by Gasteiger charge is 2.25. The third-order valence-electron chi connectivity index (χ3n) is 2.73. The fourth-order valence-electron chi connectivity index (χ4n) is 1.93. The average molecular weight is 242 g/mol. The number of carbonyl (C=O) groups excluding carboxylic acids is 1. The van der Waals surface area contributed by atoms with Gasteiger partial charge in [0.2, 0.25) is 5.91 Å². The zero-order valence-corrected chi connectivity index (χ0v) is 9.78. The molecule has 0 radical (unpaired) electrons. The van der Waals surface area contributed by atoms with Crippen molar-refractivity contribution in [2.45, 2.75) is 5.25 Å². The standard InChI is InChI=1S/C13H10N2OS/c14-13(16)11-7-8-5-6-15-10-4-2-1-3-9(10)12(8)17-11/h1-7,11H,(H2,14,16). The van der Waals surface area contributed by atoms with Crippen LogP contribution in [0.2, 0.25) is 0 Å². The number of carbonyl (C=O) groups is 1. The molecule has 17 heavy (non-hydrogen) atoms. The average Bonchev–Trinajstić information content (AvgIpc) is 2.67. The molecule has 2 aliphatic rings. The summed E-state index contributed by atoms with van der Waals surface area (Å²) >= 11 is 1.50. The van der Waals surface area contributed by atoms with E-state index in [1.807, 2.05) is 36.4 Å². The summed E-state index contributed by atoms with van der Waals surface area (Å²) in [4.78, 5) is 16.7. The van der Waals surface area contributed by atoms with E-state index in [2.05, 4.69) is 4.99 Å². The molecular formula is C13H10N2OS. The maximum absolute atomic E-state index is 11.2. The predicted molar refractivity (Wildman–Crippen MR) is 68.4 cm³/mol. The number of allylic oxidation sites excluding steroid dienone is 1. The number of nitrogens with two attached hydrogens (primary N) is 1. The lowest BCUT2D eigenvalue weighted by Crippen LogP contribution is -2.26. The maximum Gasteiger partial charge on any atom is 0.234 e. The van der Waals surface area contributed by atoms with Crippen LogP contribution in [0, 0.1) is 0 Å². The zero-order chi connectivity index (χ0) is 11.8. The minimum absolute atomic E-state index is 0.268. The first kappa shape index (κ1) is 10.4. The Morgan fingerprint density at radius 1 is 1.35 bits per heavy atom. The van der Waals surface area contributed by atoms with E-state index in [-0.39, 0.29) is 11.2 Å². The second kappa shape index (κ2) is 3.89. The minimum atomic E-state index is -0.300. The third kappa shape index (κ3) is 1.70. The van der Waals surface area contributed by atoms with Crippen LogP contribution in [0.3, 0.4) is 0 Å². The van der Waals surface area contributed by atoms with Crippen molar-refractivity contribution in [3.63, 3.8) is 0 Å². The second-order valence-electron chi connectivity index (χ2n) is 3.85. The summed E-state index contributed by atoms with van der Waals surface area (Å²) in [5, 5.41) is 1.73. The molecule has 0 fully saturated rings. The molecule has 1 unspecified atom stereocenters. The molecule has 0 saturated heterocycles. The van der Waals surface area contributed by atoms with E-state index in [9.17, 15) is 4.79 Å². The summed E-state index contributed by atoms with van der Waals surface area (Å²) in [5.74, 6) is -0.300. The van der Waals surface area contributed by atoms with Crippen LogP contribution in [0.1, 0.15) is 0 Å². The Morgan fingerprint density at radius 2 is 2.18 bits per heavy atom. The topological polar surface area (TPSA) is 55.5 Å². The highest BCUT2D eigenvalue weighted by Crippen LogP contribution is 2.37. The number of rotatable bonds is 1. The number of nitrogens with zero attached hydrogens (tertiary/aromatic N) is 1. The molecule has 1 aromatic rings. The fraction of sp³-hybridized carbons (Fsp3) is 0.0769. The summed E-state index contributed by atoms with van der Waals surface area (Å²) in [7, 11) is 0. The second-order valence-corrected chi connectivity index (χ2v) is 5.01. The lowest BCUT2D eigenvalue weighted by Gasteiger charge is -2.01. The van der Waals surface area contributed by atoms with Crippen LogP contribution in [0.15, 0.2) is 53.2 Å². The van der Waals surface area contributed by atoms with E-state index < -0.39 is 0 Å². The molecule has 1 amide bonds. The predicted octanol–water partition coefficient (Wildman–Crippen LogP) is 0.469. The van der Waals surface area contributed by atoms with Gasteiger partial charge < -0.3 is 5.73 Å². The van der Waals surface area contributed by atoms with Crippen LogP contribution in [0.5, 0.6) is 0 Å². The maximum atomic E-state index is 11.2. The Labute approximate surface area is 102 Å². The molecule has 3 nitrogen and oxygen atoms in total. The van der Waals surface area contributed by atoms with Crippen LogP contribution in [0.4, 0.5) is 0 Å². The lowest BCUT2D eigenvalue weighted by molar-refractivity contribution is -0.116. The Morgan fingerprint density at radius 3 is 3.00 bits per heavy atom. The van der Waals surface area contributed by atoms with Gasteiger partial charge in [-0.2, -0.15) is 0 Å². The molecule has 1 atom stereocenters. The van der Waals surface area contributed by atoms with Gasteiger partial charge in [-0.1, -0.05) is 24.3 Å². The number of amides is 1. The Hall–Kier alpha value is -1.81. The number of fused-ring (bicyclic) bond motifs is 2. The van der Waals surface area contributed by atoms with Gasteiger partial charge in [-0.05, 0) is 17.7 Å². The molecule has 0 saturated carbocycles. The largest absolute Gasteiger partial charge is 0.368 e. The lowest BCUT2D eigenvalue weighted by atomic mass is 10.1. The van der Waals surface area contributed by atoms with Crippen LogP contribution in [-0.2, 0) is 4.79 Å². The summed E-state index contributed by atoms with van der Waals surface area (Å²) in [5.41, 5.74) is 6.38. The molecule has 0 spiro atoms. The number of para-hydroxylation sites is 1. The number of primary amides is 1. The van der Waals surface area contributed by atoms with Gasteiger partial charge in [0.15, 0.2) is 0 Å². The molecule has 0 aromatic heterocycles. The van der Waals surface area contributed by atoms with Crippen LogP contribution in [-0.4, -0.2) is 11.2 Å². The van der Waals surface area contributed by atoms with Gasteiger partial charge in [0.1, 0.15) is 5.25 Å². The summed E-state index contributed by atoms with van der Waals surface area (Å²) < 4.78 is 0. The Bertz CT molecular complexity index is 673. The van der Waals surface area contributed by atoms with Crippen LogP contribution >= 0.6 is 11.8 Å². The molecule has 0 aliphatic carbocycles. The quantitative estimate of drug-likeness (QED) is 0.778. The summed E-state index contributed by atoms with van der Waals surface area (Å²) in [6, 6.07) is 7.91. The summed E-state index contributed by atoms with van der Waals surface area (Å²) in [6.07, 6.45) is 5.59. The molecule has 2 heterocycles. The molecule has 2 aliphatic heterocycles. The third-order valence-corrected chi connectivity index (χ3v) is 4.05. The molecule has 3 rings (SSSR count). The van der Waals surface area contributed by atoms with Crippen LogP contribution in [0.25, 0.3) is 4.91 Å². The fourth-order valence-corrected chi connectivity index (χ4v) is 3.09. The van der Waals surface area contributed by atoms with E-state index in [1.54, 1.807) is 6.20 Å². The van der Waals surface area contributed by atoms with Crippen molar-refractivity contribution in [3.05, 3.63) is 58.8 Å². The van der Waals surface area contributed by atoms with Gasteiger partial charge in [-0.25, -0.2) is 0 Å². The van der Waals surface area contributed by atoms with Crippen molar-refractivity contribution in [1.29, 1.82) is 0 Å². The zero-order valence-electron chi connectivity index (χ0n) is 8.96. The van der Waals surface area contributed by atoms with Gasteiger partial charge in [0.05, 0.1) is 5.36 Å².